The van der Waals surface area contributed by atoms with Crippen LogP contribution in [0, 0.1) is 0 Å². The maximum absolute atomic E-state index is 12.5. The molecule has 8 heteroatoms. The fraction of sp³-hybridized carbons (Fsp3) is 0.261. The average molecular weight is 458 g/mol. The molecule has 0 amide bonds. The molecule has 1 aromatic carbocycles. The molecular formula is C23H20ClNO5S. The van der Waals surface area contributed by atoms with Crippen molar-refractivity contribution >= 4 is 46.1 Å². The predicted octanol–water partition coefficient (Wildman–Crippen LogP) is 6.17. The van der Waals surface area contributed by atoms with Crippen molar-refractivity contribution in [3.8, 4) is 11.3 Å². The van der Waals surface area contributed by atoms with Gasteiger partial charge in [-0.3, -0.25) is 0 Å². The van der Waals surface area contributed by atoms with Gasteiger partial charge in [-0.1, -0.05) is 11.6 Å². The lowest BCUT2D eigenvalue weighted by atomic mass is 9.95. The number of ether oxygens (including phenoxy) is 1. The number of carbonyl (C=O) groups is 2. The van der Waals surface area contributed by atoms with E-state index in [2.05, 4.69) is 4.99 Å². The van der Waals surface area contributed by atoms with Gasteiger partial charge in [-0.2, -0.15) is 0 Å². The minimum atomic E-state index is -1.04. The number of esters is 1. The molecule has 0 fully saturated rings. The van der Waals surface area contributed by atoms with Crippen LogP contribution in [-0.4, -0.2) is 29.9 Å². The second-order valence-corrected chi connectivity index (χ2v) is 8.56. The Hall–Kier alpha value is -2.90. The van der Waals surface area contributed by atoms with E-state index >= 15 is 0 Å². The number of benzene rings is 1. The molecule has 2 aromatic heterocycles. The summed E-state index contributed by atoms with van der Waals surface area (Å²) in [4.78, 5) is 29.5. The Kier molecular flexibility index (Phi) is 6.25. The third-order valence-corrected chi connectivity index (χ3v) is 6.58. The summed E-state index contributed by atoms with van der Waals surface area (Å²) >= 11 is 7.74. The van der Waals surface area contributed by atoms with Crippen molar-refractivity contribution in [2.75, 3.05) is 6.61 Å². The maximum Gasteiger partial charge on any atom is 0.341 e. The van der Waals surface area contributed by atoms with E-state index in [1.54, 1.807) is 25.3 Å². The highest BCUT2D eigenvalue weighted by Crippen LogP contribution is 2.40. The van der Waals surface area contributed by atoms with Crippen molar-refractivity contribution in [2.24, 2.45) is 4.99 Å². The molecule has 1 aliphatic rings. The van der Waals surface area contributed by atoms with Gasteiger partial charge < -0.3 is 14.3 Å². The Bertz CT molecular complexity index is 1180. The number of fused-ring (bicyclic) bond motifs is 1. The summed E-state index contributed by atoms with van der Waals surface area (Å²) in [7, 11) is 0. The molecule has 0 saturated heterocycles. The molecule has 4 rings (SSSR count). The van der Waals surface area contributed by atoms with Gasteiger partial charge >= 0.3 is 11.9 Å². The van der Waals surface area contributed by atoms with E-state index in [0.717, 1.165) is 31.2 Å². The second-order valence-electron chi connectivity index (χ2n) is 7.07. The Morgan fingerprint density at radius 2 is 2.06 bits per heavy atom. The number of hydrogen-bond donors (Lipinski definition) is 1. The normalized spacial score (nSPS) is 13.4. The highest BCUT2D eigenvalue weighted by molar-refractivity contribution is 7.16. The molecule has 0 unspecified atom stereocenters. The summed E-state index contributed by atoms with van der Waals surface area (Å²) in [5, 5.41) is 10.2. The van der Waals surface area contributed by atoms with Crippen LogP contribution in [0.1, 0.15) is 56.7 Å². The number of carbonyl (C=O) groups excluding carboxylic acids is 1. The third-order valence-electron chi connectivity index (χ3n) is 5.05. The first-order valence-corrected chi connectivity index (χ1v) is 11.2. The van der Waals surface area contributed by atoms with Crippen LogP contribution < -0.4 is 0 Å². The van der Waals surface area contributed by atoms with Crippen LogP contribution in [0.3, 0.4) is 0 Å². The summed E-state index contributed by atoms with van der Waals surface area (Å²) in [6.07, 6.45) is 5.52. The first-order valence-electron chi connectivity index (χ1n) is 9.96. The number of nitrogens with zero attached hydrogens (tertiary/aromatic N) is 1. The topological polar surface area (TPSA) is 89.1 Å². The minimum Gasteiger partial charge on any atom is -0.478 e. The number of aryl methyl sites for hydroxylation is 1. The van der Waals surface area contributed by atoms with Gasteiger partial charge in [-0.15, -0.1) is 11.3 Å². The molecule has 0 atom stereocenters. The molecule has 1 aliphatic carbocycles. The van der Waals surface area contributed by atoms with Crippen molar-refractivity contribution in [1.29, 1.82) is 0 Å². The Morgan fingerprint density at radius 3 is 2.84 bits per heavy atom. The zero-order chi connectivity index (χ0) is 22.0. The van der Waals surface area contributed by atoms with E-state index < -0.39 is 5.97 Å². The lowest BCUT2D eigenvalue weighted by Gasteiger charge is -2.11. The van der Waals surface area contributed by atoms with Crippen molar-refractivity contribution in [3.63, 3.8) is 0 Å². The SMILES string of the molecule is CCOC(=O)c1c(N=Cc2ccc(-c3cc(C(=O)O)ccc3Cl)o2)sc2c1CCCC2. The van der Waals surface area contributed by atoms with Crippen LogP contribution in [0.2, 0.25) is 5.02 Å². The van der Waals surface area contributed by atoms with Crippen LogP contribution in [0.4, 0.5) is 5.00 Å². The largest absolute Gasteiger partial charge is 0.478 e. The molecule has 6 nitrogen and oxygen atoms in total. The monoisotopic (exact) mass is 457 g/mol. The number of aromatic carboxylic acids is 1. The van der Waals surface area contributed by atoms with Crippen LogP contribution in [0.5, 0.6) is 0 Å². The molecule has 0 aliphatic heterocycles. The molecular weight excluding hydrogens is 438 g/mol. The number of carboxylic acid groups (broad SMARTS) is 1. The molecule has 0 saturated carbocycles. The number of rotatable bonds is 6. The molecule has 0 radical (unpaired) electrons. The Labute approximate surface area is 188 Å². The van der Waals surface area contributed by atoms with Crippen molar-refractivity contribution in [1.82, 2.24) is 0 Å². The van der Waals surface area contributed by atoms with Crippen LogP contribution >= 0.6 is 22.9 Å². The van der Waals surface area contributed by atoms with Crippen molar-refractivity contribution < 1.29 is 23.8 Å². The van der Waals surface area contributed by atoms with E-state index in [4.69, 9.17) is 20.8 Å². The number of furan rings is 1. The average Bonchev–Trinajstić information content (AvgIpc) is 3.37. The summed E-state index contributed by atoms with van der Waals surface area (Å²) in [5.74, 6) is -0.482. The molecule has 0 bridgehead atoms. The van der Waals surface area contributed by atoms with Gasteiger partial charge in [-0.25, -0.2) is 14.6 Å². The highest BCUT2D eigenvalue weighted by atomic mass is 35.5. The first-order chi connectivity index (χ1) is 15.0. The van der Waals surface area contributed by atoms with Gasteiger partial charge in [-0.05, 0) is 68.5 Å². The van der Waals surface area contributed by atoms with E-state index in [1.807, 2.05) is 0 Å². The third kappa shape index (κ3) is 4.43. The van der Waals surface area contributed by atoms with Gasteiger partial charge in [0.15, 0.2) is 0 Å². The highest BCUT2D eigenvalue weighted by Gasteiger charge is 2.26. The van der Waals surface area contributed by atoms with E-state index in [-0.39, 0.29) is 11.5 Å². The molecule has 3 aromatic rings. The van der Waals surface area contributed by atoms with Crippen LogP contribution in [0.15, 0.2) is 39.7 Å². The number of thiophene rings is 1. The Balaban J connectivity index is 1.65. The van der Waals surface area contributed by atoms with Crippen LogP contribution in [-0.2, 0) is 17.6 Å². The molecule has 31 heavy (non-hydrogen) atoms. The molecule has 2 heterocycles. The van der Waals surface area contributed by atoms with Crippen LogP contribution in [0.25, 0.3) is 11.3 Å². The lowest BCUT2D eigenvalue weighted by molar-refractivity contribution is 0.0526. The predicted molar refractivity (Wildman–Crippen MR) is 120 cm³/mol. The number of halogens is 1. The van der Waals surface area contributed by atoms with Crippen molar-refractivity contribution in [3.05, 3.63) is 62.7 Å². The zero-order valence-corrected chi connectivity index (χ0v) is 18.4. The number of carboxylic acids is 1. The lowest BCUT2D eigenvalue weighted by Crippen LogP contribution is -2.09. The van der Waals surface area contributed by atoms with Gasteiger partial charge in [0.05, 0.1) is 29.0 Å². The van der Waals surface area contributed by atoms with Crippen molar-refractivity contribution in [2.45, 2.75) is 32.6 Å². The van der Waals surface area contributed by atoms with Gasteiger partial charge in [0, 0.05) is 10.4 Å². The fourth-order valence-corrected chi connectivity index (χ4v) is 5.02. The summed E-state index contributed by atoms with van der Waals surface area (Å²) in [5.41, 5.74) is 2.22. The maximum atomic E-state index is 12.5. The van der Waals surface area contributed by atoms with E-state index in [0.29, 0.717) is 39.3 Å². The molecule has 160 valence electrons. The summed E-state index contributed by atoms with van der Waals surface area (Å²) < 4.78 is 11.1. The molecule has 1 N–H and O–H groups in total. The van der Waals surface area contributed by atoms with Gasteiger partial charge in [0.25, 0.3) is 0 Å². The standard InChI is InChI=1S/C23H20ClNO5S/c1-2-29-23(28)20-15-5-3-4-6-19(15)31-21(20)25-12-14-8-10-18(30-14)16-11-13(22(26)27)7-9-17(16)24/h7-12H,2-6H2,1H3,(H,26,27). The van der Waals surface area contributed by atoms with E-state index in [1.165, 1.54) is 34.4 Å². The Morgan fingerprint density at radius 1 is 1.26 bits per heavy atom. The summed E-state index contributed by atoms with van der Waals surface area (Å²) in [6, 6.07) is 7.87. The molecule has 0 spiro atoms. The quantitative estimate of drug-likeness (QED) is 0.353. The summed E-state index contributed by atoms with van der Waals surface area (Å²) in [6.45, 7) is 2.10. The first kappa shape index (κ1) is 21.3. The minimum absolute atomic E-state index is 0.120. The second kappa shape index (κ2) is 9.08. The van der Waals surface area contributed by atoms with Gasteiger partial charge in [0.2, 0.25) is 0 Å². The fourth-order valence-electron chi connectivity index (χ4n) is 3.59. The number of hydrogen-bond acceptors (Lipinski definition) is 6. The van der Waals surface area contributed by atoms with Gasteiger partial charge in [0.1, 0.15) is 16.5 Å². The zero-order valence-electron chi connectivity index (χ0n) is 16.8. The van der Waals surface area contributed by atoms with E-state index in [9.17, 15) is 14.7 Å². The number of aliphatic imine (C=N–C) groups is 1. The smallest absolute Gasteiger partial charge is 0.341 e.